The number of nitrogens with zero attached hydrogens (tertiary/aromatic N) is 3. The van der Waals surface area contributed by atoms with Crippen molar-refractivity contribution < 1.29 is 22.7 Å². The van der Waals surface area contributed by atoms with Crippen LogP contribution in [0.15, 0.2) is 39.9 Å². The van der Waals surface area contributed by atoms with Crippen molar-refractivity contribution in [1.82, 2.24) is 9.21 Å². The molecule has 2 aromatic rings. The van der Waals surface area contributed by atoms with Crippen molar-refractivity contribution in [3.05, 3.63) is 41.3 Å². The fraction of sp³-hybridized carbons (Fsp3) is 0.429. The predicted octanol–water partition coefficient (Wildman–Crippen LogP) is 1.95. The van der Waals surface area contributed by atoms with E-state index < -0.39 is 15.9 Å². The van der Waals surface area contributed by atoms with Gasteiger partial charge in [0.05, 0.1) is 18.7 Å². The second-order valence-electron chi connectivity index (χ2n) is 7.74. The Labute approximate surface area is 186 Å². The summed E-state index contributed by atoms with van der Waals surface area (Å²) >= 11 is 1.19. The monoisotopic (exact) mass is 463 g/mol. The Morgan fingerprint density at radius 2 is 1.90 bits per heavy atom. The third-order valence-corrected chi connectivity index (χ3v) is 9.01. The minimum atomic E-state index is -3.51. The molecule has 8 nitrogen and oxygen atoms in total. The molecule has 2 saturated heterocycles. The van der Waals surface area contributed by atoms with E-state index in [1.807, 2.05) is 25.1 Å². The highest BCUT2D eigenvalue weighted by Gasteiger charge is 2.40. The van der Waals surface area contributed by atoms with Crippen LogP contribution in [0.3, 0.4) is 0 Å². The van der Waals surface area contributed by atoms with Crippen molar-refractivity contribution in [1.29, 1.82) is 0 Å². The van der Waals surface area contributed by atoms with Gasteiger partial charge in [0.2, 0.25) is 11.8 Å². The highest BCUT2D eigenvalue weighted by Crippen LogP contribution is 2.34. The van der Waals surface area contributed by atoms with Gasteiger partial charge in [0.1, 0.15) is 9.96 Å². The van der Waals surface area contributed by atoms with Crippen LogP contribution in [-0.2, 0) is 19.6 Å². The topological polar surface area (TPSA) is 87.2 Å². The van der Waals surface area contributed by atoms with Gasteiger partial charge in [-0.1, -0.05) is 12.1 Å². The van der Waals surface area contributed by atoms with E-state index in [2.05, 4.69) is 0 Å². The molecule has 2 aliphatic heterocycles. The Morgan fingerprint density at radius 1 is 1.16 bits per heavy atom. The van der Waals surface area contributed by atoms with Crippen LogP contribution in [0.4, 0.5) is 5.69 Å². The van der Waals surface area contributed by atoms with Crippen LogP contribution in [0, 0.1) is 12.8 Å². The fourth-order valence-corrected chi connectivity index (χ4v) is 6.63. The molecule has 0 unspecified atom stereocenters. The number of piperazine rings is 1. The maximum Gasteiger partial charge on any atom is 0.252 e. The Balaban J connectivity index is 1.41. The van der Waals surface area contributed by atoms with Crippen molar-refractivity contribution in [2.75, 3.05) is 44.7 Å². The fourth-order valence-electron chi connectivity index (χ4n) is 4.06. The zero-order chi connectivity index (χ0) is 22.2. The highest BCUT2D eigenvalue weighted by atomic mass is 32.2. The molecular formula is C21H25N3O5S2. The number of carbonyl (C=O) groups excluding carboxylic acids is 2. The molecule has 31 heavy (non-hydrogen) atoms. The van der Waals surface area contributed by atoms with Crippen molar-refractivity contribution in [3.63, 3.8) is 0 Å². The zero-order valence-electron chi connectivity index (χ0n) is 17.5. The summed E-state index contributed by atoms with van der Waals surface area (Å²) < 4.78 is 32.5. The maximum atomic E-state index is 13.1. The van der Waals surface area contributed by atoms with Gasteiger partial charge >= 0.3 is 0 Å². The summed E-state index contributed by atoms with van der Waals surface area (Å²) in [6.07, 6.45) is 0.142. The number of rotatable bonds is 5. The molecule has 0 spiro atoms. The maximum absolute atomic E-state index is 13.1. The molecule has 3 heterocycles. The lowest BCUT2D eigenvalue weighted by Gasteiger charge is -2.35. The van der Waals surface area contributed by atoms with Gasteiger partial charge in [-0.05, 0) is 36.1 Å². The van der Waals surface area contributed by atoms with Crippen LogP contribution < -0.4 is 9.64 Å². The lowest BCUT2D eigenvalue weighted by Crippen LogP contribution is -2.52. The van der Waals surface area contributed by atoms with Gasteiger partial charge in [-0.2, -0.15) is 4.31 Å². The van der Waals surface area contributed by atoms with Crippen LogP contribution in [0.5, 0.6) is 5.75 Å². The van der Waals surface area contributed by atoms with Gasteiger partial charge in [-0.15, -0.1) is 11.3 Å². The lowest BCUT2D eigenvalue weighted by molar-refractivity contribution is -0.136. The van der Waals surface area contributed by atoms with Gasteiger partial charge in [0, 0.05) is 39.1 Å². The van der Waals surface area contributed by atoms with Gasteiger partial charge < -0.3 is 14.5 Å². The number of anilines is 1. The average molecular weight is 464 g/mol. The molecule has 1 atom stereocenters. The standard InChI is InChI=1S/C21H25N3O5S2/c1-15-5-6-18(29-2)17(12-15)24-14-16(13-19(24)25)21(26)22-7-9-23(10-8-22)31(27,28)20-4-3-11-30-20/h3-6,11-12,16H,7-10,13-14H2,1-2H3/t16-/m0/s1. The number of methoxy groups -OCH3 is 1. The number of amides is 2. The van der Waals surface area contributed by atoms with E-state index in [1.165, 1.54) is 15.6 Å². The normalized spacial score (nSPS) is 20.3. The number of hydrogen-bond donors (Lipinski definition) is 0. The average Bonchev–Trinajstić information content (AvgIpc) is 3.44. The zero-order valence-corrected chi connectivity index (χ0v) is 19.1. The molecule has 1 aromatic carbocycles. The SMILES string of the molecule is COc1ccc(C)cc1N1C[C@@H](C(=O)N2CCN(S(=O)(=O)c3cccs3)CC2)CC1=O. The van der Waals surface area contributed by atoms with Crippen molar-refractivity contribution in [2.24, 2.45) is 5.92 Å². The molecule has 0 saturated carbocycles. The van der Waals surface area contributed by atoms with Gasteiger partial charge in [-0.3, -0.25) is 9.59 Å². The molecule has 10 heteroatoms. The van der Waals surface area contributed by atoms with Crippen LogP contribution >= 0.6 is 11.3 Å². The third kappa shape index (κ3) is 4.19. The Morgan fingerprint density at radius 3 is 2.55 bits per heavy atom. The number of carbonyl (C=O) groups is 2. The largest absolute Gasteiger partial charge is 0.495 e. The number of ether oxygens (including phenoxy) is 1. The number of thiophene rings is 1. The number of hydrogen-bond acceptors (Lipinski definition) is 6. The minimum Gasteiger partial charge on any atom is -0.495 e. The van der Waals surface area contributed by atoms with E-state index in [-0.39, 0.29) is 31.3 Å². The minimum absolute atomic E-state index is 0.101. The molecule has 1 aromatic heterocycles. The summed E-state index contributed by atoms with van der Waals surface area (Å²) in [6.45, 7) is 3.38. The van der Waals surface area contributed by atoms with E-state index >= 15 is 0 Å². The molecular weight excluding hydrogens is 438 g/mol. The molecule has 2 amide bonds. The van der Waals surface area contributed by atoms with Crippen LogP contribution in [0.25, 0.3) is 0 Å². The lowest BCUT2D eigenvalue weighted by atomic mass is 10.1. The van der Waals surface area contributed by atoms with Crippen molar-refractivity contribution >= 4 is 38.9 Å². The van der Waals surface area contributed by atoms with Gasteiger partial charge in [-0.25, -0.2) is 8.42 Å². The van der Waals surface area contributed by atoms with E-state index in [0.717, 1.165) is 5.56 Å². The van der Waals surface area contributed by atoms with E-state index in [9.17, 15) is 18.0 Å². The molecule has 2 aliphatic rings. The summed E-state index contributed by atoms with van der Waals surface area (Å²) in [6, 6.07) is 8.92. The highest BCUT2D eigenvalue weighted by molar-refractivity contribution is 7.91. The molecule has 0 radical (unpaired) electrons. The van der Waals surface area contributed by atoms with Crippen LogP contribution in [0.2, 0.25) is 0 Å². The van der Waals surface area contributed by atoms with Crippen molar-refractivity contribution in [2.45, 2.75) is 17.6 Å². The number of aryl methyl sites for hydroxylation is 1. The summed E-state index contributed by atoms with van der Waals surface area (Å²) in [5.41, 5.74) is 1.68. The first-order chi connectivity index (χ1) is 14.8. The Bertz CT molecular complexity index is 1080. The van der Waals surface area contributed by atoms with Crippen LogP contribution in [-0.4, -0.2) is 69.3 Å². The molecule has 0 bridgehead atoms. The first kappa shape index (κ1) is 21.8. The first-order valence-electron chi connectivity index (χ1n) is 10.1. The second kappa shape index (κ2) is 8.60. The molecule has 0 N–H and O–H groups in total. The Hall–Kier alpha value is -2.43. The molecule has 0 aliphatic carbocycles. The van der Waals surface area contributed by atoms with Crippen LogP contribution in [0.1, 0.15) is 12.0 Å². The van der Waals surface area contributed by atoms with Gasteiger partial charge in [0.25, 0.3) is 10.0 Å². The predicted molar refractivity (Wildman–Crippen MR) is 118 cm³/mol. The molecule has 4 rings (SSSR count). The van der Waals surface area contributed by atoms with E-state index in [1.54, 1.807) is 34.4 Å². The van der Waals surface area contributed by atoms with E-state index in [4.69, 9.17) is 4.74 Å². The second-order valence-corrected chi connectivity index (χ2v) is 10.9. The third-order valence-electron chi connectivity index (χ3n) is 5.74. The summed E-state index contributed by atoms with van der Waals surface area (Å²) in [5, 5.41) is 1.73. The number of benzene rings is 1. The van der Waals surface area contributed by atoms with Gasteiger partial charge in [0.15, 0.2) is 0 Å². The first-order valence-corrected chi connectivity index (χ1v) is 12.4. The smallest absolute Gasteiger partial charge is 0.252 e. The van der Waals surface area contributed by atoms with E-state index in [0.29, 0.717) is 35.3 Å². The molecule has 166 valence electrons. The quantitative estimate of drug-likeness (QED) is 0.677. The Kier molecular flexibility index (Phi) is 6.05. The summed E-state index contributed by atoms with van der Waals surface area (Å²) in [7, 11) is -1.96. The number of sulfonamides is 1. The molecule has 2 fully saturated rings. The summed E-state index contributed by atoms with van der Waals surface area (Å²) in [5.74, 6) is -0.0607. The summed E-state index contributed by atoms with van der Waals surface area (Å²) in [4.78, 5) is 29.1. The van der Waals surface area contributed by atoms with Crippen molar-refractivity contribution in [3.8, 4) is 5.75 Å².